The van der Waals surface area contributed by atoms with Crippen LogP contribution in [0.1, 0.15) is 17.2 Å². The summed E-state index contributed by atoms with van der Waals surface area (Å²) in [4.78, 5) is 29.6. The van der Waals surface area contributed by atoms with Gasteiger partial charge in [0.15, 0.2) is 0 Å². The van der Waals surface area contributed by atoms with E-state index in [0.29, 0.717) is 42.5 Å². The van der Waals surface area contributed by atoms with Crippen LogP contribution in [0.2, 0.25) is 5.02 Å². The maximum absolute atomic E-state index is 13.0. The highest BCUT2D eigenvalue weighted by Crippen LogP contribution is 2.39. The summed E-state index contributed by atoms with van der Waals surface area (Å²) >= 11 is 5.94. The predicted molar refractivity (Wildman–Crippen MR) is 116 cm³/mol. The van der Waals surface area contributed by atoms with Crippen molar-refractivity contribution in [2.75, 3.05) is 39.4 Å². The second kappa shape index (κ2) is 9.09. The minimum Gasteiger partial charge on any atom is -0.508 e. The number of aromatic hydroxyl groups is 1. The Bertz CT molecular complexity index is 998. The standard InChI is InChI=1S/C23H23ClN2O5/c24-17-5-1-16(2-6-17)21(28)19-20(15-3-7-18(27)8-4-15)26(23(30)22(19)29)10-9-25-11-13-31-14-12-25/h1-8,20,27-28H,9-14H2/t20-/m0/s1. The Labute approximate surface area is 185 Å². The number of halogens is 1. The van der Waals surface area contributed by atoms with Crippen LogP contribution in [-0.2, 0) is 14.3 Å². The van der Waals surface area contributed by atoms with Gasteiger partial charge in [-0.25, -0.2) is 0 Å². The van der Waals surface area contributed by atoms with Crippen molar-refractivity contribution in [3.63, 3.8) is 0 Å². The molecule has 0 unspecified atom stereocenters. The lowest BCUT2D eigenvalue weighted by Crippen LogP contribution is -2.42. The Balaban J connectivity index is 1.72. The van der Waals surface area contributed by atoms with Crippen LogP contribution in [0.3, 0.4) is 0 Å². The van der Waals surface area contributed by atoms with E-state index in [1.54, 1.807) is 36.4 Å². The van der Waals surface area contributed by atoms with E-state index in [9.17, 15) is 19.8 Å². The molecule has 2 heterocycles. The number of morpholine rings is 1. The van der Waals surface area contributed by atoms with Crippen LogP contribution in [0, 0.1) is 0 Å². The molecule has 0 aromatic heterocycles. The van der Waals surface area contributed by atoms with Crippen LogP contribution in [0.15, 0.2) is 54.1 Å². The van der Waals surface area contributed by atoms with Crippen LogP contribution < -0.4 is 0 Å². The number of aliphatic hydroxyl groups is 1. The quantitative estimate of drug-likeness (QED) is 0.420. The number of hydrogen-bond donors (Lipinski definition) is 2. The van der Waals surface area contributed by atoms with Gasteiger partial charge in [0.1, 0.15) is 11.5 Å². The van der Waals surface area contributed by atoms with Gasteiger partial charge in [0, 0.05) is 36.8 Å². The third kappa shape index (κ3) is 4.44. The average Bonchev–Trinajstić information content (AvgIpc) is 3.04. The van der Waals surface area contributed by atoms with Crippen molar-refractivity contribution in [3.05, 3.63) is 70.3 Å². The Kier molecular flexibility index (Phi) is 6.27. The highest BCUT2D eigenvalue weighted by molar-refractivity contribution is 6.46. The first-order valence-electron chi connectivity index (χ1n) is 10.1. The molecule has 7 nitrogen and oxygen atoms in total. The van der Waals surface area contributed by atoms with Gasteiger partial charge in [0.05, 0.1) is 24.8 Å². The van der Waals surface area contributed by atoms with Gasteiger partial charge < -0.3 is 19.8 Å². The summed E-state index contributed by atoms with van der Waals surface area (Å²) < 4.78 is 5.37. The molecule has 0 bridgehead atoms. The third-order valence-electron chi connectivity index (χ3n) is 5.63. The molecule has 0 radical (unpaired) electrons. The van der Waals surface area contributed by atoms with Crippen molar-refractivity contribution in [2.45, 2.75) is 6.04 Å². The molecule has 2 aliphatic rings. The lowest BCUT2D eigenvalue weighted by Gasteiger charge is -2.31. The normalized spacial score (nSPS) is 21.6. The van der Waals surface area contributed by atoms with E-state index in [-0.39, 0.29) is 17.1 Å². The fourth-order valence-corrected chi connectivity index (χ4v) is 4.08. The number of aliphatic hydroxyl groups excluding tert-OH is 1. The van der Waals surface area contributed by atoms with E-state index in [0.717, 1.165) is 13.1 Å². The van der Waals surface area contributed by atoms with Gasteiger partial charge in [-0.2, -0.15) is 0 Å². The summed E-state index contributed by atoms with van der Waals surface area (Å²) in [5, 5.41) is 21.2. The Morgan fingerprint density at radius 3 is 2.29 bits per heavy atom. The number of benzene rings is 2. The number of rotatable bonds is 5. The van der Waals surface area contributed by atoms with Crippen LogP contribution in [0.25, 0.3) is 5.76 Å². The number of nitrogens with zero attached hydrogens (tertiary/aromatic N) is 2. The van der Waals surface area contributed by atoms with Crippen LogP contribution >= 0.6 is 11.6 Å². The molecule has 2 saturated heterocycles. The second-order valence-electron chi connectivity index (χ2n) is 7.54. The summed E-state index contributed by atoms with van der Waals surface area (Å²) in [6, 6.07) is 12.0. The molecule has 4 rings (SSSR count). The highest BCUT2D eigenvalue weighted by Gasteiger charge is 2.46. The largest absolute Gasteiger partial charge is 0.508 e. The van der Waals surface area contributed by atoms with Gasteiger partial charge in [0.25, 0.3) is 11.7 Å². The number of ketones is 1. The summed E-state index contributed by atoms with van der Waals surface area (Å²) in [5.41, 5.74) is 1.06. The maximum atomic E-state index is 13.0. The third-order valence-corrected chi connectivity index (χ3v) is 5.88. The van der Waals surface area contributed by atoms with Crippen molar-refractivity contribution in [2.24, 2.45) is 0 Å². The molecule has 2 aromatic rings. The van der Waals surface area contributed by atoms with E-state index in [1.807, 2.05) is 0 Å². The number of likely N-dealkylation sites (tertiary alicyclic amines) is 1. The summed E-state index contributed by atoms with van der Waals surface area (Å²) in [6.45, 7) is 3.71. The Morgan fingerprint density at radius 1 is 1.00 bits per heavy atom. The van der Waals surface area contributed by atoms with Crippen molar-refractivity contribution in [1.82, 2.24) is 9.80 Å². The Morgan fingerprint density at radius 2 is 1.65 bits per heavy atom. The van der Waals surface area contributed by atoms with Crippen LogP contribution in [0.4, 0.5) is 0 Å². The zero-order chi connectivity index (χ0) is 22.0. The first-order chi connectivity index (χ1) is 15.0. The zero-order valence-corrected chi connectivity index (χ0v) is 17.6. The van der Waals surface area contributed by atoms with E-state index in [1.165, 1.54) is 17.0 Å². The molecule has 0 aliphatic carbocycles. The minimum atomic E-state index is -0.752. The topological polar surface area (TPSA) is 90.3 Å². The smallest absolute Gasteiger partial charge is 0.295 e. The van der Waals surface area contributed by atoms with Gasteiger partial charge in [-0.3, -0.25) is 14.5 Å². The monoisotopic (exact) mass is 442 g/mol. The summed E-state index contributed by atoms with van der Waals surface area (Å²) in [5.74, 6) is -1.55. The SMILES string of the molecule is O=C1C(=O)N(CCN2CCOCC2)[C@@H](c2ccc(O)cc2)C1=C(O)c1ccc(Cl)cc1. The molecular formula is C23H23ClN2O5. The number of Topliss-reactive ketones (excluding diaryl/α,β-unsaturated/α-hetero) is 1. The number of carbonyl (C=O) groups is 2. The predicted octanol–water partition coefficient (Wildman–Crippen LogP) is 2.80. The molecule has 0 saturated carbocycles. The lowest BCUT2D eigenvalue weighted by atomic mass is 9.95. The molecule has 1 atom stereocenters. The number of carbonyl (C=O) groups excluding carboxylic acids is 2. The number of amides is 1. The number of phenolic OH excluding ortho intramolecular Hbond substituents is 1. The maximum Gasteiger partial charge on any atom is 0.295 e. The molecule has 2 aromatic carbocycles. The van der Waals surface area contributed by atoms with Crippen molar-refractivity contribution >= 4 is 29.1 Å². The summed E-state index contributed by atoms with van der Waals surface area (Å²) in [7, 11) is 0. The number of hydrogen-bond acceptors (Lipinski definition) is 6. The molecule has 31 heavy (non-hydrogen) atoms. The van der Waals surface area contributed by atoms with Crippen LogP contribution in [0.5, 0.6) is 5.75 Å². The van der Waals surface area contributed by atoms with Gasteiger partial charge in [-0.05, 0) is 42.0 Å². The zero-order valence-electron chi connectivity index (χ0n) is 16.8. The average molecular weight is 443 g/mol. The van der Waals surface area contributed by atoms with E-state index in [4.69, 9.17) is 16.3 Å². The van der Waals surface area contributed by atoms with Crippen molar-refractivity contribution in [1.29, 1.82) is 0 Å². The molecule has 162 valence electrons. The van der Waals surface area contributed by atoms with E-state index in [2.05, 4.69) is 4.90 Å². The molecule has 8 heteroatoms. The van der Waals surface area contributed by atoms with Crippen LogP contribution in [-0.4, -0.2) is 71.1 Å². The fourth-order valence-electron chi connectivity index (χ4n) is 3.95. The fraction of sp³-hybridized carbons (Fsp3) is 0.304. The van der Waals surface area contributed by atoms with Crippen molar-refractivity contribution < 1.29 is 24.5 Å². The molecule has 2 aliphatic heterocycles. The molecule has 2 N–H and O–H groups in total. The lowest BCUT2D eigenvalue weighted by molar-refractivity contribution is -0.140. The van der Waals surface area contributed by atoms with Gasteiger partial charge in [-0.1, -0.05) is 23.7 Å². The minimum absolute atomic E-state index is 0.0278. The van der Waals surface area contributed by atoms with Gasteiger partial charge in [0.2, 0.25) is 0 Å². The molecule has 2 fully saturated rings. The highest BCUT2D eigenvalue weighted by atomic mass is 35.5. The summed E-state index contributed by atoms with van der Waals surface area (Å²) in [6.07, 6.45) is 0. The van der Waals surface area contributed by atoms with Crippen molar-refractivity contribution in [3.8, 4) is 5.75 Å². The van der Waals surface area contributed by atoms with Gasteiger partial charge >= 0.3 is 0 Å². The first kappa shape index (κ1) is 21.4. The number of phenols is 1. The first-order valence-corrected chi connectivity index (χ1v) is 10.5. The Hall–Kier alpha value is -2.87. The molecular weight excluding hydrogens is 420 g/mol. The van der Waals surface area contributed by atoms with Gasteiger partial charge in [-0.15, -0.1) is 0 Å². The number of ether oxygens (including phenoxy) is 1. The van der Waals surface area contributed by atoms with E-state index < -0.39 is 17.7 Å². The molecule has 0 spiro atoms. The van der Waals surface area contributed by atoms with E-state index >= 15 is 0 Å². The molecule has 1 amide bonds. The second-order valence-corrected chi connectivity index (χ2v) is 7.98.